The number of nitrogens with zero attached hydrogens (tertiary/aromatic N) is 2. The maximum atomic E-state index is 13.1. The van der Waals surface area contributed by atoms with Gasteiger partial charge in [-0.2, -0.15) is 4.39 Å². The van der Waals surface area contributed by atoms with Crippen molar-refractivity contribution in [2.75, 3.05) is 27.2 Å². The first-order valence-corrected chi connectivity index (χ1v) is 4.67. The summed E-state index contributed by atoms with van der Waals surface area (Å²) in [5.74, 6) is -1.07. The van der Waals surface area contributed by atoms with Crippen molar-refractivity contribution < 1.29 is 9.18 Å². The van der Waals surface area contributed by atoms with Crippen molar-refractivity contribution in [1.82, 2.24) is 15.2 Å². The summed E-state index contributed by atoms with van der Waals surface area (Å²) in [6.07, 6.45) is 1.32. The molecule has 1 amide bonds. The molecule has 0 saturated carbocycles. The summed E-state index contributed by atoms with van der Waals surface area (Å²) in [5, 5.41) is 2.92. The first-order valence-electron chi connectivity index (χ1n) is 4.67. The van der Waals surface area contributed by atoms with Gasteiger partial charge in [0, 0.05) is 26.3 Å². The van der Waals surface area contributed by atoms with E-state index in [0.29, 0.717) is 13.1 Å². The fourth-order valence-electron chi connectivity index (χ4n) is 1.13. The number of hydrogen-bond acceptors (Lipinski definition) is 3. The van der Waals surface area contributed by atoms with Crippen LogP contribution in [0.5, 0.6) is 0 Å². The zero-order chi connectivity index (χ0) is 11.3. The maximum absolute atomic E-state index is 13.1. The van der Waals surface area contributed by atoms with Gasteiger partial charge in [-0.1, -0.05) is 0 Å². The number of halogens is 1. The Morgan fingerprint density at radius 2 is 2.40 bits per heavy atom. The zero-order valence-corrected chi connectivity index (χ0v) is 8.83. The van der Waals surface area contributed by atoms with E-state index in [1.807, 2.05) is 0 Å². The molecule has 82 valence electrons. The van der Waals surface area contributed by atoms with E-state index in [9.17, 15) is 9.18 Å². The second kappa shape index (κ2) is 5.41. The van der Waals surface area contributed by atoms with Gasteiger partial charge in [0.25, 0.3) is 5.91 Å². The van der Waals surface area contributed by atoms with Crippen LogP contribution in [0.15, 0.2) is 18.3 Å². The summed E-state index contributed by atoms with van der Waals surface area (Å²) < 4.78 is 13.1. The zero-order valence-electron chi connectivity index (χ0n) is 8.83. The Kier molecular flexibility index (Phi) is 4.17. The minimum Gasteiger partial charge on any atom is -0.340 e. The van der Waals surface area contributed by atoms with Gasteiger partial charge in [-0.3, -0.25) is 4.79 Å². The number of carbonyl (C=O) groups excluding carboxylic acids is 1. The Bertz CT molecular complexity index is 343. The molecular formula is C10H14FN3O. The van der Waals surface area contributed by atoms with E-state index in [1.54, 1.807) is 20.2 Å². The normalized spacial score (nSPS) is 10.1. The van der Waals surface area contributed by atoms with E-state index >= 15 is 0 Å². The Hall–Kier alpha value is -1.49. The van der Waals surface area contributed by atoms with E-state index in [-0.39, 0.29) is 11.5 Å². The summed E-state index contributed by atoms with van der Waals surface area (Å²) in [7, 11) is 3.43. The van der Waals surface area contributed by atoms with Gasteiger partial charge in [0.2, 0.25) is 5.95 Å². The summed E-state index contributed by atoms with van der Waals surface area (Å²) in [6.45, 7) is 1.20. The molecule has 1 aromatic heterocycles. The molecule has 0 unspecified atom stereocenters. The monoisotopic (exact) mass is 211 g/mol. The van der Waals surface area contributed by atoms with Crippen LogP contribution in [0.2, 0.25) is 0 Å². The molecule has 1 rings (SSSR count). The van der Waals surface area contributed by atoms with Gasteiger partial charge >= 0.3 is 0 Å². The van der Waals surface area contributed by atoms with Crippen molar-refractivity contribution in [2.45, 2.75) is 0 Å². The fourth-order valence-corrected chi connectivity index (χ4v) is 1.13. The number of aromatic nitrogens is 1. The minimum absolute atomic E-state index is 0.0103. The van der Waals surface area contributed by atoms with Crippen molar-refractivity contribution in [3.8, 4) is 0 Å². The van der Waals surface area contributed by atoms with E-state index in [0.717, 1.165) is 0 Å². The van der Waals surface area contributed by atoms with E-state index in [2.05, 4.69) is 10.3 Å². The molecule has 0 aromatic carbocycles. The average molecular weight is 211 g/mol. The highest BCUT2D eigenvalue weighted by Crippen LogP contribution is 2.05. The lowest BCUT2D eigenvalue weighted by Gasteiger charge is -2.16. The molecular weight excluding hydrogens is 197 g/mol. The van der Waals surface area contributed by atoms with Gasteiger partial charge in [-0.25, -0.2) is 4.98 Å². The Labute approximate surface area is 88.1 Å². The van der Waals surface area contributed by atoms with Crippen LogP contribution in [0.1, 0.15) is 10.4 Å². The predicted molar refractivity (Wildman–Crippen MR) is 55.1 cm³/mol. The van der Waals surface area contributed by atoms with E-state index in [4.69, 9.17) is 0 Å². The van der Waals surface area contributed by atoms with Crippen LogP contribution in [-0.2, 0) is 0 Å². The third-order valence-electron chi connectivity index (χ3n) is 2.03. The maximum Gasteiger partial charge on any atom is 0.258 e. The van der Waals surface area contributed by atoms with Crippen molar-refractivity contribution in [2.24, 2.45) is 0 Å². The quantitative estimate of drug-likeness (QED) is 0.738. The molecule has 4 nitrogen and oxygen atoms in total. The van der Waals surface area contributed by atoms with Crippen LogP contribution < -0.4 is 5.32 Å². The number of likely N-dealkylation sites (N-methyl/N-ethyl adjacent to an activating group) is 2. The second-order valence-electron chi connectivity index (χ2n) is 3.17. The van der Waals surface area contributed by atoms with Crippen molar-refractivity contribution >= 4 is 5.91 Å². The van der Waals surface area contributed by atoms with Gasteiger partial charge in [-0.15, -0.1) is 0 Å². The average Bonchev–Trinajstić information content (AvgIpc) is 2.25. The van der Waals surface area contributed by atoms with Gasteiger partial charge in [-0.05, 0) is 19.2 Å². The van der Waals surface area contributed by atoms with E-state index < -0.39 is 5.95 Å². The smallest absolute Gasteiger partial charge is 0.258 e. The van der Waals surface area contributed by atoms with Crippen LogP contribution in [-0.4, -0.2) is 43.0 Å². The summed E-state index contributed by atoms with van der Waals surface area (Å²) >= 11 is 0. The van der Waals surface area contributed by atoms with Gasteiger partial charge in [0.1, 0.15) is 0 Å². The molecule has 0 fully saturated rings. The number of nitrogens with one attached hydrogen (secondary N) is 1. The molecule has 0 radical (unpaired) electrons. The van der Waals surface area contributed by atoms with Crippen LogP contribution in [0.25, 0.3) is 0 Å². The van der Waals surface area contributed by atoms with Crippen molar-refractivity contribution in [3.05, 3.63) is 29.8 Å². The fraction of sp³-hybridized carbons (Fsp3) is 0.400. The molecule has 1 aromatic rings. The molecule has 0 saturated heterocycles. The summed E-state index contributed by atoms with van der Waals surface area (Å²) in [4.78, 5) is 16.6. The first-order chi connectivity index (χ1) is 7.16. The van der Waals surface area contributed by atoms with Gasteiger partial charge < -0.3 is 10.2 Å². The molecule has 0 atom stereocenters. The molecule has 0 spiro atoms. The van der Waals surface area contributed by atoms with Crippen LogP contribution in [0, 0.1) is 5.95 Å². The van der Waals surface area contributed by atoms with Crippen LogP contribution >= 0.6 is 0 Å². The number of carbonyl (C=O) groups is 1. The van der Waals surface area contributed by atoms with Crippen LogP contribution in [0.4, 0.5) is 4.39 Å². The van der Waals surface area contributed by atoms with Crippen LogP contribution in [0.3, 0.4) is 0 Å². The van der Waals surface area contributed by atoms with Gasteiger partial charge in [0.15, 0.2) is 0 Å². The SMILES string of the molecule is CNCCN(C)C(=O)c1cccnc1F. The third-order valence-corrected chi connectivity index (χ3v) is 2.03. The Morgan fingerprint density at radius 1 is 1.67 bits per heavy atom. The Balaban J connectivity index is 2.72. The molecule has 1 heterocycles. The number of pyridine rings is 1. The molecule has 0 aliphatic carbocycles. The third kappa shape index (κ3) is 2.99. The predicted octanol–water partition coefficient (Wildman–Crippen LogP) is 0.512. The summed E-state index contributed by atoms with van der Waals surface area (Å²) in [5.41, 5.74) is 0.0103. The minimum atomic E-state index is -0.723. The van der Waals surface area contributed by atoms with Crippen molar-refractivity contribution in [3.63, 3.8) is 0 Å². The standard InChI is InChI=1S/C10H14FN3O/c1-12-6-7-14(2)10(15)8-4-3-5-13-9(8)11/h3-5,12H,6-7H2,1-2H3. The highest BCUT2D eigenvalue weighted by molar-refractivity contribution is 5.93. The topological polar surface area (TPSA) is 45.2 Å². The lowest BCUT2D eigenvalue weighted by molar-refractivity contribution is 0.0791. The van der Waals surface area contributed by atoms with Gasteiger partial charge in [0.05, 0.1) is 5.56 Å². The first kappa shape index (κ1) is 11.6. The molecule has 0 bridgehead atoms. The second-order valence-corrected chi connectivity index (χ2v) is 3.17. The lowest BCUT2D eigenvalue weighted by Crippen LogP contribution is -2.33. The van der Waals surface area contributed by atoms with Crippen molar-refractivity contribution in [1.29, 1.82) is 0 Å². The lowest BCUT2D eigenvalue weighted by atomic mass is 10.2. The van der Waals surface area contributed by atoms with E-state index in [1.165, 1.54) is 17.2 Å². The molecule has 0 aliphatic heterocycles. The number of amides is 1. The molecule has 1 N–H and O–H groups in total. The molecule has 15 heavy (non-hydrogen) atoms. The highest BCUT2D eigenvalue weighted by atomic mass is 19.1. The largest absolute Gasteiger partial charge is 0.340 e. The highest BCUT2D eigenvalue weighted by Gasteiger charge is 2.15. The summed E-state index contributed by atoms with van der Waals surface area (Å²) in [6, 6.07) is 2.97. The number of rotatable bonds is 4. The number of hydrogen-bond donors (Lipinski definition) is 1. The Morgan fingerprint density at radius 3 is 3.00 bits per heavy atom. The molecule has 5 heteroatoms. The molecule has 0 aliphatic rings.